The van der Waals surface area contributed by atoms with E-state index >= 15 is 0 Å². The third kappa shape index (κ3) is 5.03. The molecule has 3 heteroatoms. The maximum absolute atomic E-state index is 5.18. The minimum absolute atomic E-state index is 0.0619. The minimum atomic E-state index is -0.0619. The Morgan fingerprint density at radius 2 is 1.04 bits per heavy atom. The maximum Gasteiger partial charge on any atom is 0.160 e. The second-order valence-corrected chi connectivity index (χ2v) is 13.3. The van der Waals surface area contributed by atoms with Crippen LogP contribution in [0.5, 0.6) is 0 Å². The van der Waals surface area contributed by atoms with Crippen molar-refractivity contribution in [3.63, 3.8) is 0 Å². The van der Waals surface area contributed by atoms with Crippen LogP contribution in [-0.4, -0.2) is 15.0 Å². The van der Waals surface area contributed by atoms with Gasteiger partial charge in [-0.05, 0) is 91.7 Å². The van der Waals surface area contributed by atoms with Gasteiger partial charge >= 0.3 is 0 Å². The molecule has 3 nitrogen and oxygen atoms in total. The maximum atomic E-state index is 5.18. The van der Waals surface area contributed by atoms with Crippen LogP contribution in [-0.2, 0) is 5.41 Å². The highest BCUT2D eigenvalue weighted by molar-refractivity contribution is 6.03. The van der Waals surface area contributed by atoms with E-state index in [1.807, 2.05) is 30.6 Å². The molecule has 1 aliphatic rings. The molecule has 0 aliphatic heterocycles. The van der Waals surface area contributed by atoms with Crippen LogP contribution in [0.15, 0.2) is 164 Å². The number of nitrogens with zero attached hydrogens (tertiary/aromatic N) is 3. The summed E-state index contributed by atoms with van der Waals surface area (Å²) in [4.78, 5) is 14.5. The highest BCUT2D eigenvalue weighted by Gasteiger charge is 2.36. The number of pyridine rings is 1. The van der Waals surface area contributed by atoms with Gasteiger partial charge in [0.1, 0.15) is 0 Å². The summed E-state index contributed by atoms with van der Waals surface area (Å²) in [5, 5.41) is 2.59. The van der Waals surface area contributed by atoms with E-state index in [-0.39, 0.29) is 5.41 Å². The average molecular weight is 628 g/mol. The van der Waals surface area contributed by atoms with Gasteiger partial charge in [-0.3, -0.25) is 4.98 Å². The molecule has 49 heavy (non-hydrogen) atoms. The van der Waals surface area contributed by atoms with E-state index in [0.29, 0.717) is 5.82 Å². The smallest absolute Gasteiger partial charge is 0.160 e. The predicted octanol–water partition coefficient (Wildman–Crippen LogP) is 11.7. The second kappa shape index (κ2) is 11.5. The van der Waals surface area contributed by atoms with Crippen molar-refractivity contribution < 1.29 is 0 Å². The van der Waals surface area contributed by atoms with Gasteiger partial charge in [-0.1, -0.05) is 129 Å². The first-order chi connectivity index (χ1) is 24.0. The molecule has 0 unspecified atom stereocenters. The first-order valence-electron chi connectivity index (χ1n) is 16.8. The van der Waals surface area contributed by atoms with Crippen LogP contribution in [0.4, 0.5) is 0 Å². The number of hydrogen-bond acceptors (Lipinski definition) is 3. The molecule has 0 N–H and O–H groups in total. The van der Waals surface area contributed by atoms with Gasteiger partial charge in [0.05, 0.1) is 11.4 Å². The summed E-state index contributed by atoms with van der Waals surface area (Å²) < 4.78 is 0. The van der Waals surface area contributed by atoms with Gasteiger partial charge in [0.2, 0.25) is 0 Å². The van der Waals surface area contributed by atoms with Crippen LogP contribution in [0.2, 0.25) is 0 Å². The Hall–Kier alpha value is -6.19. The van der Waals surface area contributed by atoms with Crippen molar-refractivity contribution in [2.45, 2.75) is 19.3 Å². The van der Waals surface area contributed by atoms with Gasteiger partial charge in [-0.25, -0.2) is 9.97 Å². The van der Waals surface area contributed by atoms with Crippen molar-refractivity contribution in [2.24, 2.45) is 0 Å². The summed E-state index contributed by atoms with van der Waals surface area (Å²) in [6, 6.07) is 54.1. The molecule has 0 radical (unpaired) electrons. The van der Waals surface area contributed by atoms with E-state index in [0.717, 1.165) is 44.8 Å². The molecule has 8 aromatic rings. The van der Waals surface area contributed by atoms with E-state index in [4.69, 9.17) is 9.97 Å². The Kier molecular flexibility index (Phi) is 6.80. The Bertz CT molecular complexity index is 2520. The molecule has 0 spiro atoms. The molecule has 9 rings (SSSR count). The monoisotopic (exact) mass is 627 g/mol. The molecule has 1 aliphatic carbocycles. The summed E-state index contributed by atoms with van der Waals surface area (Å²) in [6.45, 7) is 4.69. The second-order valence-electron chi connectivity index (χ2n) is 13.3. The fourth-order valence-electron chi connectivity index (χ4n) is 7.42. The molecule has 2 aromatic heterocycles. The van der Waals surface area contributed by atoms with Crippen molar-refractivity contribution in [2.75, 3.05) is 0 Å². The quantitative estimate of drug-likeness (QED) is 0.191. The van der Waals surface area contributed by atoms with E-state index in [1.165, 1.54) is 38.6 Å². The number of rotatable bonds is 5. The molecule has 6 aromatic carbocycles. The zero-order chi connectivity index (χ0) is 33.0. The Labute approximate surface area is 286 Å². The van der Waals surface area contributed by atoms with Crippen molar-refractivity contribution in [3.8, 4) is 67.3 Å². The topological polar surface area (TPSA) is 38.7 Å². The van der Waals surface area contributed by atoms with Crippen molar-refractivity contribution in [3.05, 3.63) is 175 Å². The lowest BCUT2D eigenvalue weighted by atomic mass is 9.82. The van der Waals surface area contributed by atoms with Gasteiger partial charge in [-0.2, -0.15) is 0 Å². The van der Waals surface area contributed by atoms with Gasteiger partial charge in [0.25, 0.3) is 0 Å². The van der Waals surface area contributed by atoms with Crippen molar-refractivity contribution in [1.29, 1.82) is 0 Å². The molecular formula is C46H33N3. The van der Waals surface area contributed by atoms with E-state index < -0.39 is 0 Å². The van der Waals surface area contributed by atoms with Gasteiger partial charge in [0.15, 0.2) is 5.82 Å². The molecule has 0 bridgehead atoms. The molecular weight excluding hydrogens is 595 g/mol. The first kappa shape index (κ1) is 29.0. The largest absolute Gasteiger partial charge is 0.265 e. The summed E-state index contributed by atoms with van der Waals surface area (Å²) in [6.07, 6.45) is 3.62. The number of fused-ring (bicyclic) bond motifs is 5. The predicted molar refractivity (Wildman–Crippen MR) is 202 cm³/mol. The van der Waals surface area contributed by atoms with Crippen LogP contribution < -0.4 is 0 Å². The summed E-state index contributed by atoms with van der Waals surface area (Å²) in [7, 11) is 0. The SMILES string of the molecule is CC1(C)c2ccc(-c3cccc(-c4cc(-c5ccncc5)nc(-c5cccc(-c6ccccc6)c5)n4)c3)cc2-c2c1ccc1ccccc21. The number of aromatic nitrogens is 3. The zero-order valence-corrected chi connectivity index (χ0v) is 27.4. The highest BCUT2D eigenvalue weighted by atomic mass is 14.9. The third-order valence-electron chi connectivity index (χ3n) is 9.99. The molecule has 0 saturated heterocycles. The minimum Gasteiger partial charge on any atom is -0.265 e. The van der Waals surface area contributed by atoms with Crippen LogP contribution in [0, 0.1) is 0 Å². The molecule has 0 amide bonds. The first-order valence-corrected chi connectivity index (χ1v) is 16.8. The highest BCUT2D eigenvalue weighted by Crippen LogP contribution is 2.52. The van der Waals surface area contributed by atoms with Gasteiger partial charge in [0, 0.05) is 34.5 Å². The van der Waals surface area contributed by atoms with Crippen LogP contribution in [0.1, 0.15) is 25.0 Å². The zero-order valence-electron chi connectivity index (χ0n) is 27.4. The average Bonchev–Trinajstić information content (AvgIpc) is 3.41. The lowest BCUT2D eigenvalue weighted by Crippen LogP contribution is -2.14. The molecule has 0 saturated carbocycles. The van der Waals surface area contributed by atoms with Gasteiger partial charge in [-0.15, -0.1) is 0 Å². The third-order valence-corrected chi connectivity index (χ3v) is 9.99. The van der Waals surface area contributed by atoms with E-state index in [1.54, 1.807) is 0 Å². The molecule has 232 valence electrons. The van der Waals surface area contributed by atoms with Crippen LogP contribution >= 0.6 is 0 Å². The van der Waals surface area contributed by atoms with Gasteiger partial charge < -0.3 is 0 Å². The molecule has 0 atom stereocenters. The molecule has 2 heterocycles. The Morgan fingerprint density at radius 3 is 1.86 bits per heavy atom. The lowest BCUT2D eigenvalue weighted by Gasteiger charge is -2.21. The lowest BCUT2D eigenvalue weighted by molar-refractivity contribution is 0.661. The summed E-state index contributed by atoms with van der Waals surface area (Å²) in [5.74, 6) is 0.691. The fourth-order valence-corrected chi connectivity index (χ4v) is 7.42. The Morgan fingerprint density at radius 1 is 0.429 bits per heavy atom. The molecule has 0 fully saturated rings. The van der Waals surface area contributed by atoms with E-state index in [2.05, 4.69) is 152 Å². The van der Waals surface area contributed by atoms with Crippen molar-refractivity contribution >= 4 is 10.8 Å². The van der Waals surface area contributed by atoms with E-state index in [9.17, 15) is 0 Å². The van der Waals surface area contributed by atoms with Crippen LogP contribution in [0.25, 0.3) is 78.1 Å². The normalized spacial score (nSPS) is 12.9. The summed E-state index contributed by atoms with van der Waals surface area (Å²) in [5.41, 5.74) is 14.8. The Balaban J connectivity index is 1.17. The van der Waals surface area contributed by atoms with Crippen molar-refractivity contribution in [1.82, 2.24) is 15.0 Å². The number of benzene rings is 6. The van der Waals surface area contributed by atoms with Crippen LogP contribution in [0.3, 0.4) is 0 Å². The fraction of sp³-hybridized carbons (Fsp3) is 0.0652. The standard InChI is InChI=1S/C46H33N3/c1-46(2)40-20-19-35(28-39(40)44-38-17-7-6-12-31(38)18-21-41(44)46)34-14-8-15-36(26-34)43-29-42(32-22-24-47-25-23-32)48-45(49-43)37-16-9-13-33(27-37)30-10-4-3-5-11-30/h3-29H,1-2H3. The number of hydrogen-bond donors (Lipinski definition) is 0. The summed E-state index contributed by atoms with van der Waals surface area (Å²) >= 11 is 0.